The Labute approximate surface area is 321 Å². The minimum absolute atomic E-state index is 0.0576. The lowest BCUT2D eigenvalue weighted by Gasteiger charge is -2.37. The first-order chi connectivity index (χ1) is 26.8. The molecule has 0 N–H and O–H groups in total. The molecule has 0 radical (unpaired) electrons. The van der Waals surface area contributed by atoms with Gasteiger partial charge in [0.25, 0.3) is 5.60 Å². The molecule has 304 valence electrons. The van der Waals surface area contributed by atoms with Gasteiger partial charge in [0.05, 0.1) is 16.8 Å². The van der Waals surface area contributed by atoms with Gasteiger partial charge in [0.1, 0.15) is 17.5 Å². The van der Waals surface area contributed by atoms with Crippen molar-refractivity contribution in [3.63, 3.8) is 0 Å². The molecule has 0 saturated carbocycles. The van der Waals surface area contributed by atoms with Crippen molar-refractivity contribution in [3.05, 3.63) is 125 Å². The van der Waals surface area contributed by atoms with Gasteiger partial charge in [-0.15, -0.1) is 0 Å². The third kappa shape index (κ3) is 7.93. The van der Waals surface area contributed by atoms with Gasteiger partial charge < -0.3 is 19.4 Å². The molecule has 57 heavy (non-hydrogen) atoms. The van der Waals surface area contributed by atoms with Crippen LogP contribution in [-0.4, -0.2) is 91.9 Å². The summed E-state index contributed by atoms with van der Waals surface area (Å²) < 4.78 is 165. The Bertz CT molecular complexity index is 2190. The first kappa shape index (κ1) is 41.5. The number of carbonyl (C=O) groups excluding carboxylic acids is 2. The number of piperazine rings is 1. The van der Waals surface area contributed by atoms with E-state index in [9.17, 15) is 53.1 Å². The van der Waals surface area contributed by atoms with Crippen molar-refractivity contribution < 1.29 is 62.3 Å². The molecule has 0 aliphatic carbocycles. The van der Waals surface area contributed by atoms with Crippen LogP contribution in [0.15, 0.2) is 95.9 Å². The van der Waals surface area contributed by atoms with Gasteiger partial charge >= 0.3 is 18.4 Å². The number of carbonyl (C=O) groups is 2. The summed E-state index contributed by atoms with van der Waals surface area (Å²) in [5.74, 6) is -5.05. The van der Waals surface area contributed by atoms with Crippen molar-refractivity contribution in [2.45, 2.75) is 47.5 Å². The van der Waals surface area contributed by atoms with E-state index in [1.54, 1.807) is 30.3 Å². The molecular formula is C39H34F9N3O5S. The largest absolute Gasteiger partial charge is 0.430 e. The van der Waals surface area contributed by atoms with Crippen molar-refractivity contribution >= 4 is 21.8 Å². The van der Waals surface area contributed by atoms with Crippen LogP contribution in [0.5, 0.6) is 0 Å². The molecule has 2 atom stereocenters. The number of nitrogens with zero attached hydrogens (tertiary/aromatic N) is 3. The highest BCUT2D eigenvalue weighted by molar-refractivity contribution is 7.92. The van der Waals surface area contributed by atoms with Gasteiger partial charge in [0, 0.05) is 68.8 Å². The number of ether oxygens (including phenoxy) is 1. The summed E-state index contributed by atoms with van der Waals surface area (Å²) >= 11 is 0. The number of amides is 3. The quantitative estimate of drug-likeness (QED) is 0.134. The third-order valence-electron chi connectivity index (χ3n) is 10.3. The zero-order valence-corrected chi connectivity index (χ0v) is 30.8. The van der Waals surface area contributed by atoms with E-state index in [2.05, 4.69) is 4.74 Å². The summed E-state index contributed by atoms with van der Waals surface area (Å²) in [5, 5.41) is -1.52. The topological polar surface area (TPSA) is 87.2 Å². The number of sulfone groups is 1. The third-order valence-corrected chi connectivity index (χ3v) is 12.5. The Balaban J connectivity index is 1.39. The van der Waals surface area contributed by atoms with Crippen molar-refractivity contribution in [3.8, 4) is 11.1 Å². The molecule has 4 aromatic rings. The average molecular weight is 828 g/mol. The highest BCUT2D eigenvalue weighted by Crippen LogP contribution is 2.54. The van der Waals surface area contributed by atoms with Gasteiger partial charge in [-0.2, -0.15) is 26.3 Å². The first-order valence-electron chi connectivity index (χ1n) is 17.4. The lowest BCUT2D eigenvalue weighted by atomic mass is 9.88. The fourth-order valence-electron chi connectivity index (χ4n) is 7.22. The van der Waals surface area contributed by atoms with E-state index in [1.807, 2.05) is 0 Å². The molecule has 0 aromatic heterocycles. The molecule has 4 aromatic carbocycles. The number of halogens is 9. The van der Waals surface area contributed by atoms with E-state index >= 15 is 4.39 Å². The standard InChI is InChI=1S/C39H34F9N3O5S/c1-24(52)49-16-18-50(19-17-49)36(53)51-21-30(35(22-51)57(54,55)28-14-15-34(42)29(20-28)25-6-3-2-4-7-25)26-10-12-27(13-11-26)37(38(43,44)45,39(46,47)48)56-23-31-32(40)8-5-9-33(31)41/h2-15,20,30,35H,16-19,21-23H2,1H3/t30-,35+/m0/s1. The Morgan fingerprint density at radius 2 is 1.28 bits per heavy atom. The van der Waals surface area contributed by atoms with Crippen molar-refractivity contribution in [1.82, 2.24) is 14.7 Å². The molecular weight excluding hydrogens is 793 g/mol. The van der Waals surface area contributed by atoms with Gasteiger partial charge in [0.2, 0.25) is 5.91 Å². The van der Waals surface area contributed by atoms with Crippen LogP contribution in [0.4, 0.5) is 44.3 Å². The minimum Gasteiger partial charge on any atom is -0.349 e. The molecule has 2 fully saturated rings. The number of alkyl halides is 6. The van der Waals surface area contributed by atoms with Gasteiger partial charge in [-0.1, -0.05) is 60.7 Å². The fraction of sp³-hybridized carbons (Fsp3) is 0.333. The second-order valence-corrected chi connectivity index (χ2v) is 15.8. The van der Waals surface area contributed by atoms with E-state index in [1.165, 1.54) is 21.6 Å². The van der Waals surface area contributed by atoms with E-state index in [4.69, 9.17) is 0 Å². The van der Waals surface area contributed by atoms with Crippen LogP contribution in [0, 0.1) is 17.5 Å². The molecule has 8 nitrogen and oxygen atoms in total. The maximum atomic E-state index is 15.0. The summed E-state index contributed by atoms with van der Waals surface area (Å²) in [6, 6.07) is 15.2. The zero-order valence-electron chi connectivity index (χ0n) is 30.0. The van der Waals surface area contributed by atoms with E-state index in [-0.39, 0.29) is 54.7 Å². The monoisotopic (exact) mass is 827 g/mol. The molecule has 3 amide bonds. The predicted molar refractivity (Wildman–Crippen MR) is 188 cm³/mol. The second kappa shape index (κ2) is 15.7. The molecule has 0 spiro atoms. The Hall–Kier alpha value is -5.10. The maximum absolute atomic E-state index is 15.0. The average Bonchev–Trinajstić information content (AvgIpc) is 3.62. The van der Waals surface area contributed by atoms with E-state index in [0.717, 1.165) is 36.4 Å². The van der Waals surface area contributed by atoms with Gasteiger partial charge in [-0.3, -0.25) is 4.79 Å². The van der Waals surface area contributed by atoms with Crippen LogP contribution in [0.2, 0.25) is 0 Å². The summed E-state index contributed by atoms with van der Waals surface area (Å²) in [6.45, 7) is -0.571. The molecule has 2 aliphatic rings. The molecule has 0 bridgehead atoms. The van der Waals surface area contributed by atoms with E-state index < -0.39 is 86.7 Å². The number of rotatable bonds is 8. The molecule has 2 saturated heterocycles. The lowest BCUT2D eigenvalue weighted by molar-refractivity contribution is -0.392. The Morgan fingerprint density at radius 3 is 1.84 bits per heavy atom. The molecule has 2 aliphatic heterocycles. The van der Waals surface area contributed by atoms with Crippen LogP contribution in [-0.2, 0) is 31.6 Å². The molecule has 6 rings (SSSR count). The summed E-state index contributed by atoms with van der Waals surface area (Å²) in [6.07, 6.45) is -12.4. The number of urea groups is 1. The summed E-state index contributed by atoms with van der Waals surface area (Å²) in [4.78, 5) is 29.4. The van der Waals surface area contributed by atoms with Crippen LogP contribution in [0.1, 0.15) is 29.5 Å². The number of likely N-dealkylation sites (tertiary alicyclic amines) is 1. The number of hydrogen-bond acceptors (Lipinski definition) is 5. The highest BCUT2D eigenvalue weighted by atomic mass is 32.2. The maximum Gasteiger partial charge on any atom is 0.430 e. The fourth-order valence-corrected chi connectivity index (χ4v) is 9.16. The predicted octanol–water partition coefficient (Wildman–Crippen LogP) is 7.83. The SMILES string of the molecule is CC(=O)N1CCN(C(=O)N2C[C@@H](S(=O)(=O)c3ccc(F)c(-c4ccccc4)c3)[C@H](c3ccc(C(OCc4c(F)cccc4F)(C(F)(F)F)C(F)(F)F)cc3)C2)CC1. The number of benzene rings is 4. The van der Waals surface area contributed by atoms with Crippen molar-refractivity contribution in [2.75, 3.05) is 39.3 Å². The van der Waals surface area contributed by atoms with Crippen molar-refractivity contribution in [1.29, 1.82) is 0 Å². The van der Waals surface area contributed by atoms with Crippen LogP contribution >= 0.6 is 0 Å². The Kier molecular flexibility index (Phi) is 11.4. The molecule has 2 heterocycles. The van der Waals surface area contributed by atoms with Crippen LogP contribution in [0.25, 0.3) is 11.1 Å². The second-order valence-electron chi connectivity index (χ2n) is 13.7. The normalized spacial score (nSPS) is 18.2. The smallest absolute Gasteiger partial charge is 0.349 e. The molecule has 18 heteroatoms. The highest BCUT2D eigenvalue weighted by Gasteiger charge is 2.73. The number of hydrogen-bond donors (Lipinski definition) is 0. The first-order valence-corrected chi connectivity index (χ1v) is 19.0. The minimum atomic E-state index is -6.22. The van der Waals surface area contributed by atoms with Crippen LogP contribution in [0.3, 0.4) is 0 Å². The summed E-state index contributed by atoms with van der Waals surface area (Å²) in [7, 11) is -4.52. The van der Waals surface area contributed by atoms with Gasteiger partial charge in [0.15, 0.2) is 9.84 Å². The van der Waals surface area contributed by atoms with Gasteiger partial charge in [-0.25, -0.2) is 26.4 Å². The lowest BCUT2D eigenvalue weighted by Crippen LogP contribution is -2.55. The summed E-state index contributed by atoms with van der Waals surface area (Å²) in [5.41, 5.74) is -7.53. The molecule has 0 unspecified atom stereocenters. The van der Waals surface area contributed by atoms with E-state index in [0.29, 0.717) is 29.8 Å². The zero-order chi connectivity index (χ0) is 41.5. The van der Waals surface area contributed by atoms with Crippen LogP contribution < -0.4 is 0 Å². The van der Waals surface area contributed by atoms with Gasteiger partial charge in [-0.05, 0) is 41.5 Å². The Morgan fingerprint density at radius 1 is 0.702 bits per heavy atom. The van der Waals surface area contributed by atoms with Crippen molar-refractivity contribution in [2.24, 2.45) is 0 Å².